The molecule has 2 aromatic rings. The normalized spacial score (nSPS) is 35.6. The minimum absolute atomic E-state index is 0.0260. The molecule has 0 aromatic heterocycles. The van der Waals surface area contributed by atoms with E-state index in [1.165, 1.54) is 48.8 Å². The summed E-state index contributed by atoms with van der Waals surface area (Å²) in [5, 5.41) is 2.68. The largest absolute Gasteiger partial charge is 0.401 e. The molecule has 4 aliphatic rings. The maximum Gasteiger partial charge on any atom is 0.261 e. The van der Waals surface area contributed by atoms with Gasteiger partial charge in [-0.2, -0.15) is 0 Å². The number of aldehydes is 1. The molecule has 0 heterocycles. The average molecular weight is 567 g/mol. The first-order valence-electron chi connectivity index (χ1n) is 16.2. The van der Waals surface area contributed by atoms with Crippen molar-refractivity contribution in [2.45, 2.75) is 91.2 Å². The summed E-state index contributed by atoms with van der Waals surface area (Å²) in [7, 11) is -2.61. The van der Waals surface area contributed by atoms with Crippen LogP contribution in [0.4, 0.5) is 0 Å². The molecule has 0 bridgehead atoms. The third-order valence-electron chi connectivity index (χ3n) is 12.3. The van der Waals surface area contributed by atoms with Gasteiger partial charge in [-0.3, -0.25) is 0 Å². The van der Waals surface area contributed by atoms with E-state index in [0.29, 0.717) is 17.3 Å². The smallest absolute Gasteiger partial charge is 0.261 e. The predicted octanol–water partition coefficient (Wildman–Crippen LogP) is 8.12. The second kappa shape index (κ2) is 10.5. The molecule has 0 unspecified atom stereocenters. The highest BCUT2D eigenvalue weighted by Crippen LogP contribution is 2.66. The van der Waals surface area contributed by atoms with Crippen LogP contribution in [-0.2, 0) is 9.22 Å². The zero-order valence-electron chi connectivity index (χ0n) is 26.1. The molecule has 0 N–H and O–H groups in total. The lowest BCUT2D eigenvalue weighted by molar-refractivity contribution is -0.114. The van der Waals surface area contributed by atoms with Crippen molar-refractivity contribution in [3.63, 3.8) is 0 Å². The minimum atomic E-state index is -2.61. The van der Waals surface area contributed by atoms with Crippen molar-refractivity contribution in [3.8, 4) is 0 Å². The molecular weight excluding hydrogens is 517 g/mol. The monoisotopic (exact) mass is 566 g/mol. The Bertz CT molecular complexity index is 1270. The van der Waals surface area contributed by atoms with Crippen molar-refractivity contribution in [2.75, 3.05) is 0 Å². The van der Waals surface area contributed by atoms with Gasteiger partial charge in [-0.05, 0) is 83.0 Å². The van der Waals surface area contributed by atoms with Gasteiger partial charge in [0.25, 0.3) is 8.32 Å². The van der Waals surface area contributed by atoms with Gasteiger partial charge in [0.1, 0.15) is 6.29 Å². The molecular formula is C38H50O2Si. The summed E-state index contributed by atoms with van der Waals surface area (Å²) in [5.41, 5.74) is 2.03. The zero-order valence-corrected chi connectivity index (χ0v) is 27.1. The van der Waals surface area contributed by atoms with Crippen LogP contribution in [-0.4, -0.2) is 20.7 Å². The van der Waals surface area contributed by atoms with E-state index >= 15 is 0 Å². The fourth-order valence-corrected chi connectivity index (χ4v) is 14.9. The van der Waals surface area contributed by atoms with Crippen LogP contribution in [0.2, 0.25) is 5.04 Å². The molecule has 6 rings (SSSR count). The van der Waals surface area contributed by atoms with Crippen LogP contribution in [0.1, 0.15) is 80.1 Å². The molecule has 2 saturated carbocycles. The van der Waals surface area contributed by atoms with Crippen molar-refractivity contribution in [1.82, 2.24) is 0 Å². The van der Waals surface area contributed by atoms with Gasteiger partial charge in [0.15, 0.2) is 0 Å². The Morgan fingerprint density at radius 2 is 1.56 bits per heavy atom. The van der Waals surface area contributed by atoms with E-state index in [2.05, 4.69) is 120 Å². The Kier molecular flexibility index (Phi) is 7.38. The number of fused-ring (bicyclic) bond motifs is 5. The highest BCUT2D eigenvalue weighted by Gasteiger charge is 2.59. The van der Waals surface area contributed by atoms with Gasteiger partial charge >= 0.3 is 0 Å². The van der Waals surface area contributed by atoms with Gasteiger partial charge in [-0.15, -0.1) is 0 Å². The molecule has 8 atom stereocenters. The first-order chi connectivity index (χ1) is 19.5. The minimum Gasteiger partial charge on any atom is -0.401 e. The average Bonchev–Trinajstić information content (AvgIpc) is 3.33. The van der Waals surface area contributed by atoms with Crippen LogP contribution in [0, 0.1) is 40.4 Å². The number of hydrogen-bond donors (Lipinski definition) is 0. The van der Waals surface area contributed by atoms with Gasteiger partial charge < -0.3 is 9.22 Å². The predicted molar refractivity (Wildman–Crippen MR) is 173 cm³/mol. The van der Waals surface area contributed by atoms with Gasteiger partial charge in [-0.1, -0.05) is 126 Å². The summed E-state index contributed by atoms with van der Waals surface area (Å²) in [6.45, 7) is 14.3. The topological polar surface area (TPSA) is 26.3 Å². The van der Waals surface area contributed by atoms with E-state index in [0.717, 1.165) is 18.3 Å². The van der Waals surface area contributed by atoms with Crippen LogP contribution in [0.3, 0.4) is 0 Å². The molecule has 4 aliphatic carbocycles. The van der Waals surface area contributed by atoms with E-state index < -0.39 is 8.32 Å². The van der Waals surface area contributed by atoms with E-state index in [1.807, 2.05) is 0 Å². The van der Waals surface area contributed by atoms with Crippen molar-refractivity contribution < 1.29 is 9.22 Å². The number of carbonyl (C=O) groups is 1. The van der Waals surface area contributed by atoms with Crippen molar-refractivity contribution >= 4 is 25.0 Å². The fourth-order valence-electron chi connectivity index (χ4n) is 10.2. The summed E-state index contributed by atoms with van der Waals surface area (Å²) in [6.07, 6.45) is 16.2. The van der Waals surface area contributed by atoms with Gasteiger partial charge in [0, 0.05) is 11.3 Å². The molecule has 41 heavy (non-hydrogen) atoms. The summed E-state index contributed by atoms with van der Waals surface area (Å²) in [4.78, 5) is 11.8. The maximum atomic E-state index is 11.8. The van der Waals surface area contributed by atoms with Crippen LogP contribution < -0.4 is 10.4 Å². The summed E-state index contributed by atoms with van der Waals surface area (Å²) in [5.74, 6) is 2.89. The van der Waals surface area contributed by atoms with Crippen LogP contribution in [0.15, 0.2) is 84.5 Å². The second-order valence-electron chi connectivity index (χ2n) is 15.2. The molecule has 0 aliphatic heterocycles. The third kappa shape index (κ3) is 4.49. The highest BCUT2D eigenvalue weighted by molar-refractivity contribution is 6.99. The second-order valence-corrected chi connectivity index (χ2v) is 19.5. The molecule has 0 amide bonds. The zero-order chi connectivity index (χ0) is 29.0. The van der Waals surface area contributed by atoms with Crippen LogP contribution >= 0.6 is 0 Å². The quantitative estimate of drug-likeness (QED) is 0.200. The molecule has 0 radical (unpaired) electrons. The van der Waals surface area contributed by atoms with E-state index in [9.17, 15) is 4.79 Å². The van der Waals surface area contributed by atoms with Crippen LogP contribution in [0.5, 0.6) is 0 Å². The third-order valence-corrected chi connectivity index (χ3v) is 17.3. The number of benzene rings is 2. The number of hydrogen-bond acceptors (Lipinski definition) is 2. The first-order valence-corrected chi connectivity index (χ1v) is 18.1. The maximum absolute atomic E-state index is 11.8. The molecule has 2 fully saturated rings. The highest BCUT2D eigenvalue weighted by atomic mass is 28.4. The van der Waals surface area contributed by atoms with Gasteiger partial charge in [0.05, 0.1) is 6.10 Å². The SMILES string of the molecule is C[C@H](C=O)[C@H]1CC[C@H]2[C@@H]3CC=C4C[C@@H](O[Si](c5ccccc5)(c5ccccc5)C(C)(C)C)C=C[C@]4(C)[C@H]3CC[C@]12C. The summed E-state index contributed by atoms with van der Waals surface area (Å²) < 4.78 is 7.56. The van der Waals surface area contributed by atoms with Crippen molar-refractivity contribution in [3.05, 3.63) is 84.5 Å². The van der Waals surface area contributed by atoms with Crippen LogP contribution in [0.25, 0.3) is 0 Å². The Balaban J connectivity index is 1.32. The first kappa shape index (κ1) is 28.9. The van der Waals surface area contributed by atoms with Crippen molar-refractivity contribution in [1.29, 1.82) is 0 Å². The van der Waals surface area contributed by atoms with E-state index in [-0.39, 0.29) is 22.5 Å². The van der Waals surface area contributed by atoms with E-state index in [1.54, 1.807) is 5.57 Å². The molecule has 0 spiro atoms. The molecule has 2 nitrogen and oxygen atoms in total. The number of carbonyl (C=O) groups excluding carboxylic acids is 1. The molecule has 2 aromatic carbocycles. The lowest BCUT2D eigenvalue weighted by Crippen LogP contribution is -2.67. The lowest BCUT2D eigenvalue weighted by atomic mass is 9.48. The standard InChI is InChI=1S/C38H50O2Si/c1-27(26-39)33-19-20-34-32-18-17-28-25-29(21-23-37(28,5)35(32)22-24-38(33,34)6)40-41(36(2,3)4,30-13-9-7-10-14-30)31-15-11-8-12-16-31/h7-17,21,23,26-27,29,32-35H,18-20,22,24-25H2,1-6H3/t27-,29+,32+,33-,34+,35+,37+,38-/m1/s1. The van der Waals surface area contributed by atoms with Gasteiger partial charge in [0.2, 0.25) is 0 Å². The Morgan fingerprint density at radius 3 is 2.15 bits per heavy atom. The fraction of sp³-hybridized carbons (Fsp3) is 0.553. The summed E-state index contributed by atoms with van der Waals surface area (Å²) >= 11 is 0. The Morgan fingerprint density at radius 1 is 0.927 bits per heavy atom. The van der Waals surface area contributed by atoms with Gasteiger partial charge in [-0.25, -0.2) is 0 Å². The van der Waals surface area contributed by atoms with Crippen molar-refractivity contribution in [2.24, 2.45) is 40.4 Å². The molecule has 0 saturated heterocycles. The molecule has 3 heteroatoms. The number of allylic oxidation sites excluding steroid dienone is 2. The number of rotatable bonds is 6. The Labute approximate surface area is 249 Å². The lowest BCUT2D eigenvalue weighted by Gasteiger charge is -2.57. The van der Waals surface area contributed by atoms with E-state index in [4.69, 9.17) is 4.43 Å². The Hall–Kier alpha value is -2.23. The molecule has 218 valence electrons. The summed E-state index contributed by atoms with van der Waals surface area (Å²) in [6, 6.07) is 22.1.